The third kappa shape index (κ3) is 2.50. The van der Waals surface area contributed by atoms with Gasteiger partial charge in [0.15, 0.2) is 0 Å². The van der Waals surface area contributed by atoms with Crippen molar-refractivity contribution in [3.05, 3.63) is 18.0 Å². The molecule has 0 bridgehead atoms. The molecule has 0 aliphatic carbocycles. The average Bonchev–Trinajstić information content (AvgIpc) is 2.24. The second-order valence-electron chi connectivity index (χ2n) is 4.67. The zero-order valence-corrected chi connectivity index (χ0v) is 10.3. The number of aromatic nitrogens is 2. The number of piperidine rings is 1. The van der Waals surface area contributed by atoms with Gasteiger partial charge in [-0.3, -0.25) is 5.43 Å². The normalized spacial score (nSPS) is 26.7. The van der Waals surface area contributed by atoms with Gasteiger partial charge in [-0.05, 0) is 39.7 Å². The summed E-state index contributed by atoms with van der Waals surface area (Å²) in [6.07, 6.45) is 5.59. The van der Waals surface area contributed by atoms with Crippen LogP contribution in [0.1, 0.15) is 38.8 Å². The molecule has 1 N–H and O–H groups in total. The molecule has 1 aromatic rings. The van der Waals surface area contributed by atoms with E-state index < -0.39 is 0 Å². The monoisotopic (exact) mass is 220 g/mol. The quantitative estimate of drug-likeness (QED) is 0.830. The lowest BCUT2D eigenvalue weighted by Crippen LogP contribution is -2.47. The summed E-state index contributed by atoms with van der Waals surface area (Å²) in [7, 11) is 0. The van der Waals surface area contributed by atoms with Crippen LogP contribution in [0.25, 0.3) is 0 Å². The van der Waals surface area contributed by atoms with Crippen molar-refractivity contribution < 1.29 is 0 Å². The summed E-state index contributed by atoms with van der Waals surface area (Å²) in [5.41, 5.74) is 4.33. The van der Waals surface area contributed by atoms with Gasteiger partial charge in [-0.1, -0.05) is 6.42 Å². The molecule has 88 valence electrons. The van der Waals surface area contributed by atoms with Crippen molar-refractivity contribution in [2.75, 3.05) is 5.43 Å². The predicted octanol–water partition coefficient (Wildman–Crippen LogP) is 2.37. The van der Waals surface area contributed by atoms with Crippen molar-refractivity contribution >= 4 is 5.95 Å². The second-order valence-corrected chi connectivity index (χ2v) is 4.67. The van der Waals surface area contributed by atoms with E-state index in [2.05, 4.69) is 34.3 Å². The molecule has 16 heavy (non-hydrogen) atoms. The lowest BCUT2D eigenvalue weighted by Gasteiger charge is -2.38. The molecule has 0 saturated carbocycles. The van der Waals surface area contributed by atoms with Crippen molar-refractivity contribution in [2.45, 2.75) is 52.1 Å². The van der Waals surface area contributed by atoms with Crippen LogP contribution in [-0.4, -0.2) is 27.1 Å². The summed E-state index contributed by atoms with van der Waals surface area (Å²) in [5.74, 6) is 0.709. The maximum Gasteiger partial charge on any atom is 0.237 e. The predicted molar refractivity (Wildman–Crippen MR) is 65.0 cm³/mol. The van der Waals surface area contributed by atoms with Crippen molar-refractivity contribution in [3.8, 4) is 0 Å². The van der Waals surface area contributed by atoms with Crippen LogP contribution in [0.2, 0.25) is 0 Å². The van der Waals surface area contributed by atoms with Gasteiger partial charge in [-0.15, -0.1) is 0 Å². The molecule has 0 amide bonds. The fourth-order valence-electron chi connectivity index (χ4n) is 2.26. The maximum atomic E-state index is 4.37. The third-order valence-electron chi connectivity index (χ3n) is 3.22. The van der Waals surface area contributed by atoms with Crippen LogP contribution < -0.4 is 5.43 Å². The third-order valence-corrected chi connectivity index (χ3v) is 3.22. The molecule has 0 aromatic carbocycles. The van der Waals surface area contributed by atoms with E-state index in [4.69, 9.17) is 0 Å². The van der Waals surface area contributed by atoms with E-state index in [0.29, 0.717) is 18.0 Å². The molecule has 4 heteroatoms. The summed E-state index contributed by atoms with van der Waals surface area (Å²) in [4.78, 5) is 8.61. The van der Waals surface area contributed by atoms with Crippen LogP contribution in [0.3, 0.4) is 0 Å². The molecule has 4 nitrogen and oxygen atoms in total. The van der Waals surface area contributed by atoms with E-state index in [-0.39, 0.29) is 0 Å². The fraction of sp³-hybridized carbons (Fsp3) is 0.667. The first-order valence-corrected chi connectivity index (χ1v) is 6.01. The lowest BCUT2D eigenvalue weighted by atomic mass is 10.00. The highest BCUT2D eigenvalue weighted by atomic mass is 15.6. The number of aryl methyl sites for hydroxylation is 1. The molecule has 1 aliphatic rings. The summed E-state index contributed by atoms with van der Waals surface area (Å²) in [5, 5.41) is 2.28. The zero-order chi connectivity index (χ0) is 11.5. The maximum absolute atomic E-state index is 4.37. The summed E-state index contributed by atoms with van der Waals surface area (Å²) >= 11 is 0. The smallest absolute Gasteiger partial charge is 0.237 e. The van der Waals surface area contributed by atoms with Crippen molar-refractivity contribution in [1.29, 1.82) is 0 Å². The molecule has 0 radical (unpaired) electrons. The van der Waals surface area contributed by atoms with E-state index in [9.17, 15) is 0 Å². The first-order chi connectivity index (χ1) is 7.66. The molecule has 1 fully saturated rings. The van der Waals surface area contributed by atoms with Crippen molar-refractivity contribution in [3.63, 3.8) is 0 Å². The molecule has 2 rings (SSSR count). The van der Waals surface area contributed by atoms with Crippen molar-refractivity contribution in [2.24, 2.45) is 0 Å². The minimum absolute atomic E-state index is 0.549. The van der Waals surface area contributed by atoms with Gasteiger partial charge in [-0.2, -0.15) is 0 Å². The number of nitrogens with zero attached hydrogens (tertiary/aromatic N) is 3. The Morgan fingerprint density at radius 2 is 2.00 bits per heavy atom. The van der Waals surface area contributed by atoms with Crippen LogP contribution in [-0.2, 0) is 0 Å². The summed E-state index contributed by atoms with van der Waals surface area (Å²) in [6, 6.07) is 3.01. The number of hydrazine groups is 1. The zero-order valence-electron chi connectivity index (χ0n) is 10.3. The number of anilines is 1. The first kappa shape index (κ1) is 11.3. The largest absolute Gasteiger partial charge is 0.286 e. The fourth-order valence-corrected chi connectivity index (χ4v) is 2.26. The van der Waals surface area contributed by atoms with Crippen LogP contribution in [0, 0.1) is 6.92 Å². The highest BCUT2D eigenvalue weighted by Gasteiger charge is 2.25. The Morgan fingerprint density at radius 3 is 2.62 bits per heavy atom. The Morgan fingerprint density at radius 1 is 1.31 bits per heavy atom. The van der Waals surface area contributed by atoms with E-state index in [0.717, 1.165) is 5.69 Å². The molecule has 2 atom stereocenters. The average molecular weight is 220 g/mol. The Balaban J connectivity index is 2.07. The van der Waals surface area contributed by atoms with Gasteiger partial charge < -0.3 is 0 Å². The van der Waals surface area contributed by atoms with E-state index in [1.54, 1.807) is 6.20 Å². The number of hydrogen-bond donors (Lipinski definition) is 1. The number of rotatable bonds is 2. The molecule has 2 unspecified atom stereocenters. The van der Waals surface area contributed by atoms with Gasteiger partial charge in [0.05, 0.1) is 0 Å². The minimum Gasteiger partial charge on any atom is -0.286 e. The van der Waals surface area contributed by atoms with Crippen molar-refractivity contribution in [1.82, 2.24) is 15.0 Å². The van der Waals surface area contributed by atoms with Gasteiger partial charge in [0.25, 0.3) is 0 Å². The molecular formula is C12H20N4. The number of hydrogen-bond acceptors (Lipinski definition) is 4. The van der Waals surface area contributed by atoms with Gasteiger partial charge in [0.2, 0.25) is 5.95 Å². The van der Waals surface area contributed by atoms with Gasteiger partial charge >= 0.3 is 0 Å². The van der Waals surface area contributed by atoms with Crippen LogP contribution in [0.15, 0.2) is 12.3 Å². The first-order valence-electron chi connectivity index (χ1n) is 6.01. The van der Waals surface area contributed by atoms with Gasteiger partial charge in [0, 0.05) is 24.0 Å². The summed E-state index contributed by atoms with van der Waals surface area (Å²) in [6.45, 7) is 6.48. The molecule has 2 heterocycles. The SMILES string of the molecule is Cc1ccnc(NN2C(C)CCCC2C)n1. The highest BCUT2D eigenvalue weighted by Crippen LogP contribution is 2.22. The topological polar surface area (TPSA) is 41.1 Å². The molecule has 1 aromatic heterocycles. The standard InChI is InChI=1S/C12H20N4/c1-9-7-8-13-12(14-9)15-16-10(2)5-4-6-11(16)3/h7-8,10-11H,4-6H2,1-3H3,(H,13,14,15). The van der Waals surface area contributed by atoms with Crippen LogP contribution >= 0.6 is 0 Å². The Labute approximate surface area is 97.1 Å². The molecule has 1 saturated heterocycles. The number of nitrogens with one attached hydrogen (secondary N) is 1. The Hall–Kier alpha value is -1.16. The molecule has 0 spiro atoms. The molecular weight excluding hydrogens is 200 g/mol. The highest BCUT2D eigenvalue weighted by molar-refractivity contribution is 5.23. The Kier molecular flexibility index (Phi) is 3.39. The molecule has 1 aliphatic heterocycles. The van der Waals surface area contributed by atoms with E-state index in [1.165, 1.54) is 19.3 Å². The lowest BCUT2D eigenvalue weighted by molar-refractivity contribution is 0.134. The van der Waals surface area contributed by atoms with Gasteiger partial charge in [0.1, 0.15) is 0 Å². The minimum atomic E-state index is 0.549. The van der Waals surface area contributed by atoms with E-state index in [1.807, 2.05) is 13.0 Å². The van der Waals surface area contributed by atoms with Gasteiger partial charge in [-0.25, -0.2) is 15.0 Å². The van der Waals surface area contributed by atoms with Crippen LogP contribution in [0.4, 0.5) is 5.95 Å². The second kappa shape index (κ2) is 4.78. The van der Waals surface area contributed by atoms with Crippen LogP contribution in [0.5, 0.6) is 0 Å². The Bertz CT molecular complexity index is 343. The van der Waals surface area contributed by atoms with E-state index >= 15 is 0 Å². The summed E-state index contributed by atoms with van der Waals surface area (Å²) < 4.78 is 0.